The fraction of sp³-hybridized carbons (Fsp3) is 0.364. The smallest absolute Gasteiger partial charge is 0.328 e. The van der Waals surface area contributed by atoms with E-state index in [4.69, 9.17) is 16.1 Å². The molecule has 1 aliphatic heterocycles. The average Bonchev–Trinajstić information content (AvgIpc) is 2.83. The van der Waals surface area contributed by atoms with Crippen molar-refractivity contribution in [2.24, 2.45) is 0 Å². The number of pyridine rings is 1. The summed E-state index contributed by atoms with van der Waals surface area (Å²) in [5.74, 6) is -1.19. The number of aliphatic carboxylic acids is 1. The summed E-state index contributed by atoms with van der Waals surface area (Å²) < 4.78 is 64.7. The molecule has 1 fully saturated rings. The maximum absolute atomic E-state index is 11.8. The van der Waals surface area contributed by atoms with Gasteiger partial charge in [-0.05, 0) is 62.9 Å². The summed E-state index contributed by atoms with van der Waals surface area (Å²) in [6.07, 6.45) is -4.59. The molecule has 0 aliphatic carbocycles. The molecule has 2 N–H and O–H groups in total. The third kappa shape index (κ3) is 4.81. The van der Waals surface area contributed by atoms with Gasteiger partial charge in [-0.1, -0.05) is 35.9 Å². The molecule has 2 heterocycles. The first kappa shape index (κ1) is 11.4. The van der Waals surface area contributed by atoms with Crippen LogP contribution in [0.1, 0.15) is 52.6 Å². The summed E-state index contributed by atoms with van der Waals surface area (Å²) in [4.78, 5) is 15.7. The molecule has 0 spiro atoms. The van der Waals surface area contributed by atoms with Gasteiger partial charge >= 0.3 is 5.97 Å². The Bertz CT molecular complexity index is 1110. The van der Waals surface area contributed by atoms with Crippen LogP contribution in [0.4, 0.5) is 0 Å². The zero-order valence-corrected chi connectivity index (χ0v) is 14.8. The molecule has 1 aromatic carbocycles. The third-order valence-electron chi connectivity index (χ3n) is 4.26. The fourth-order valence-electron chi connectivity index (χ4n) is 2.79. The van der Waals surface area contributed by atoms with E-state index in [9.17, 15) is 9.90 Å². The minimum Gasteiger partial charge on any atom is -0.478 e. The Hall–Kier alpha value is -2.50. The van der Waals surface area contributed by atoms with Gasteiger partial charge in [0.05, 0.1) is 11.4 Å². The lowest BCUT2D eigenvalue weighted by atomic mass is 9.86. The molecule has 5 nitrogen and oxygen atoms in total. The number of aliphatic hydroxyl groups is 1. The van der Waals surface area contributed by atoms with Gasteiger partial charge in [-0.25, -0.2) is 4.79 Å². The molecule has 1 aliphatic rings. The number of rotatable bonds is 7. The van der Waals surface area contributed by atoms with Crippen molar-refractivity contribution in [2.45, 2.75) is 31.7 Å². The minimum absolute atomic E-state index is 0.0835. The highest BCUT2D eigenvalue weighted by molar-refractivity contribution is 5.84. The van der Waals surface area contributed by atoms with Crippen LogP contribution in [0.3, 0.4) is 0 Å². The summed E-state index contributed by atoms with van der Waals surface area (Å²) in [6, 6.07) is 11.3. The van der Waals surface area contributed by atoms with E-state index >= 15 is 0 Å². The second kappa shape index (κ2) is 8.46. The van der Waals surface area contributed by atoms with Crippen molar-refractivity contribution in [1.82, 2.24) is 9.88 Å². The highest BCUT2D eigenvalue weighted by Crippen LogP contribution is 2.33. The molecule has 1 unspecified atom stereocenters. The zero-order chi connectivity index (χ0) is 26.4. The van der Waals surface area contributed by atoms with Gasteiger partial charge in [0, 0.05) is 23.6 Å². The van der Waals surface area contributed by atoms with E-state index in [0.717, 1.165) is 11.6 Å². The maximum atomic E-state index is 11.8. The summed E-state index contributed by atoms with van der Waals surface area (Å²) in [5, 5.41) is 20.7. The lowest BCUT2D eigenvalue weighted by molar-refractivity contribution is -0.131. The number of hydrogen-bond acceptors (Lipinski definition) is 4. The van der Waals surface area contributed by atoms with E-state index in [1.165, 1.54) is 18.2 Å². The average molecular weight is 375 g/mol. The lowest BCUT2D eigenvalue weighted by Crippen LogP contribution is -2.34. The van der Waals surface area contributed by atoms with E-state index in [-0.39, 0.29) is 17.8 Å². The van der Waals surface area contributed by atoms with Crippen molar-refractivity contribution in [3.8, 4) is 0 Å². The minimum atomic E-state index is -3.18. The summed E-state index contributed by atoms with van der Waals surface area (Å²) in [7, 11) is 0. The molecule has 1 aromatic heterocycles. The van der Waals surface area contributed by atoms with Gasteiger partial charge in [0.25, 0.3) is 0 Å². The normalized spacial score (nSPS) is 29.1. The number of nitrogens with zero attached hydrogens (tertiary/aromatic N) is 2. The second-order valence-corrected chi connectivity index (χ2v) is 6.22. The van der Waals surface area contributed by atoms with E-state index in [1.54, 1.807) is 30.3 Å². The molecule has 0 bridgehead atoms. The number of aryl methyl sites for hydroxylation is 1. The van der Waals surface area contributed by atoms with Gasteiger partial charge in [0.15, 0.2) is 0 Å². The van der Waals surface area contributed by atoms with Crippen molar-refractivity contribution in [2.75, 3.05) is 19.5 Å². The fourth-order valence-corrected chi connectivity index (χ4v) is 2.79. The lowest BCUT2D eigenvalue weighted by Gasteiger charge is -2.30. The predicted molar refractivity (Wildman–Crippen MR) is 105 cm³/mol. The molecule has 142 valence electrons. The van der Waals surface area contributed by atoms with Crippen molar-refractivity contribution in [3.63, 3.8) is 0 Å². The van der Waals surface area contributed by atoms with Crippen LogP contribution in [0.5, 0.6) is 0 Å². The number of carboxylic acid groups (broad SMARTS) is 1. The number of carboxylic acids is 1. The SMILES string of the molecule is [2H]C1([2H])N(CCC(O)(c2ccc(C)cc2)c2cccc(/C=C/C(=O)O)n2)C([2H])([2H])C([2H])([2H])C1([2H])[2H]. The highest BCUT2D eigenvalue weighted by atomic mass is 16.4. The third-order valence-corrected chi connectivity index (χ3v) is 4.26. The highest BCUT2D eigenvalue weighted by Gasteiger charge is 2.33. The standard InChI is InChI=1S/C22H26N2O3/c1-17-7-9-18(10-8-17)22(27,13-16-24-14-2-3-15-24)20-6-4-5-19(23-20)11-12-21(25)26/h4-12,27H,2-3,13-16H2,1H3,(H,25,26)/b12-11+/i2D2,3D2,14D2,15D2. The Morgan fingerprint density at radius 2 is 1.96 bits per heavy atom. The van der Waals surface area contributed by atoms with Gasteiger partial charge in [-0.3, -0.25) is 4.98 Å². The molecule has 27 heavy (non-hydrogen) atoms. The maximum Gasteiger partial charge on any atom is 0.328 e. The van der Waals surface area contributed by atoms with Gasteiger partial charge < -0.3 is 15.1 Å². The van der Waals surface area contributed by atoms with Crippen LogP contribution < -0.4 is 0 Å². The van der Waals surface area contributed by atoms with E-state index in [0.29, 0.717) is 10.5 Å². The monoisotopic (exact) mass is 374 g/mol. The molecular weight excluding hydrogens is 340 g/mol. The number of hydrogen-bond donors (Lipinski definition) is 2. The Balaban J connectivity index is 2.07. The molecule has 0 radical (unpaired) electrons. The first-order chi connectivity index (χ1) is 16.0. The topological polar surface area (TPSA) is 73.7 Å². The van der Waals surface area contributed by atoms with Crippen LogP contribution in [-0.2, 0) is 10.4 Å². The van der Waals surface area contributed by atoms with Crippen molar-refractivity contribution < 1.29 is 26.0 Å². The number of likely N-dealkylation sites (tertiary alicyclic amines) is 1. The van der Waals surface area contributed by atoms with Crippen molar-refractivity contribution in [3.05, 3.63) is 71.1 Å². The molecule has 3 rings (SSSR count). The predicted octanol–water partition coefficient (Wildman–Crippen LogP) is 3.21. The number of benzene rings is 1. The Morgan fingerprint density at radius 3 is 2.63 bits per heavy atom. The summed E-state index contributed by atoms with van der Waals surface area (Å²) in [6.45, 7) is -4.75. The molecule has 5 heteroatoms. The first-order valence-corrected chi connectivity index (χ1v) is 8.44. The molecular formula is C22H26N2O3. The van der Waals surface area contributed by atoms with Crippen molar-refractivity contribution >= 4 is 12.0 Å². The summed E-state index contributed by atoms with van der Waals surface area (Å²) >= 11 is 0. The molecule has 2 aromatic rings. The number of aromatic nitrogens is 1. The van der Waals surface area contributed by atoms with Gasteiger partial charge in [-0.15, -0.1) is 0 Å². The second-order valence-electron chi connectivity index (χ2n) is 6.22. The quantitative estimate of drug-likeness (QED) is 0.728. The van der Waals surface area contributed by atoms with E-state index in [2.05, 4.69) is 4.98 Å². The van der Waals surface area contributed by atoms with Gasteiger partial charge in [0.2, 0.25) is 0 Å². The van der Waals surface area contributed by atoms with Crippen LogP contribution in [-0.4, -0.2) is 45.6 Å². The molecule has 1 saturated heterocycles. The Kier molecular flexibility index (Phi) is 3.56. The van der Waals surface area contributed by atoms with E-state index < -0.39 is 43.9 Å². The first-order valence-electron chi connectivity index (χ1n) is 12.4. The Labute approximate surface area is 171 Å². The van der Waals surface area contributed by atoms with E-state index in [1.807, 2.05) is 6.92 Å². The molecule has 0 amide bonds. The van der Waals surface area contributed by atoms with Crippen LogP contribution in [0.2, 0.25) is 0 Å². The van der Waals surface area contributed by atoms with Crippen LogP contribution >= 0.6 is 0 Å². The van der Waals surface area contributed by atoms with Crippen molar-refractivity contribution in [1.29, 1.82) is 0 Å². The largest absolute Gasteiger partial charge is 0.478 e. The van der Waals surface area contributed by atoms with Crippen LogP contribution in [0.15, 0.2) is 48.5 Å². The Morgan fingerprint density at radius 1 is 1.26 bits per heavy atom. The zero-order valence-electron chi connectivity index (χ0n) is 22.8. The van der Waals surface area contributed by atoms with Gasteiger partial charge in [0.1, 0.15) is 5.60 Å². The molecule has 0 saturated carbocycles. The molecule has 1 atom stereocenters. The number of carbonyl (C=O) groups is 1. The summed E-state index contributed by atoms with van der Waals surface area (Å²) in [5.41, 5.74) is -0.345. The van der Waals surface area contributed by atoms with Crippen LogP contribution in [0, 0.1) is 6.92 Å². The van der Waals surface area contributed by atoms with Crippen LogP contribution in [0.25, 0.3) is 6.08 Å². The van der Waals surface area contributed by atoms with Gasteiger partial charge in [-0.2, -0.15) is 0 Å².